The number of halogens is 3. The van der Waals surface area contributed by atoms with Gasteiger partial charge in [-0.3, -0.25) is 19.8 Å². The molecule has 0 atom stereocenters. The van der Waals surface area contributed by atoms with E-state index in [2.05, 4.69) is 0 Å². The van der Waals surface area contributed by atoms with Gasteiger partial charge in [0.15, 0.2) is 4.32 Å². The van der Waals surface area contributed by atoms with Gasteiger partial charge in [-0.15, -0.1) is 0 Å². The summed E-state index contributed by atoms with van der Waals surface area (Å²) in [5.41, 5.74) is -0.603. The molecular formula is C19H11F3N2O3S2. The zero-order chi connectivity index (χ0) is 21.2. The Kier molecular flexibility index (Phi) is 5.85. The van der Waals surface area contributed by atoms with Crippen LogP contribution in [-0.4, -0.2) is 15.2 Å². The number of carbonyl (C=O) groups is 1. The van der Waals surface area contributed by atoms with E-state index in [-0.39, 0.29) is 20.6 Å². The van der Waals surface area contributed by atoms with Crippen molar-refractivity contribution < 1.29 is 22.9 Å². The number of nitro benzene ring substituents is 1. The van der Waals surface area contributed by atoms with E-state index >= 15 is 0 Å². The Labute approximate surface area is 172 Å². The highest BCUT2D eigenvalue weighted by Crippen LogP contribution is 2.37. The standard InChI is InChI=1S/C19H11F3N2O3S2/c20-19(21,22)13-7-4-8-14(11-13)23-17(25)16(29-18(23)28)10-3-6-12-5-1-2-9-15(12)24(26)27/h1-11H/b6-3+,16-10-. The van der Waals surface area contributed by atoms with Crippen molar-refractivity contribution in [1.29, 1.82) is 0 Å². The van der Waals surface area contributed by atoms with Gasteiger partial charge in [0.1, 0.15) is 0 Å². The third-order valence-corrected chi connectivity index (χ3v) is 5.20. The quantitative estimate of drug-likeness (QED) is 0.271. The maximum absolute atomic E-state index is 12.9. The number of para-hydroxylation sites is 1. The Morgan fingerprint density at radius 1 is 1.14 bits per heavy atom. The highest BCUT2D eigenvalue weighted by atomic mass is 32.2. The first kappa shape index (κ1) is 20.7. The molecule has 1 amide bonds. The number of anilines is 1. The second-order valence-corrected chi connectivity index (χ2v) is 7.44. The topological polar surface area (TPSA) is 63.4 Å². The minimum Gasteiger partial charge on any atom is -0.268 e. The molecule has 148 valence electrons. The van der Waals surface area contributed by atoms with Gasteiger partial charge < -0.3 is 0 Å². The molecule has 2 aromatic rings. The molecule has 3 rings (SSSR count). The number of thioether (sulfide) groups is 1. The lowest BCUT2D eigenvalue weighted by Crippen LogP contribution is -2.27. The van der Waals surface area contributed by atoms with Crippen LogP contribution in [0.5, 0.6) is 0 Å². The predicted molar refractivity (Wildman–Crippen MR) is 109 cm³/mol. The van der Waals surface area contributed by atoms with E-state index in [4.69, 9.17) is 12.2 Å². The van der Waals surface area contributed by atoms with Gasteiger partial charge in [0, 0.05) is 6.07 Å². The van der Waals surface area contributed by atoms with Crippen LogP contribution in [0.2, 0.25) is 0 Å². The number of hydrogen-bond donors (Lipinski definition) is 0. The molecule has 1 aliphatic heterocycles. The summed E-state index contributed by atoms with van der Waals surface area (Å²) in [6.07, 6.45) is -0.196. The van der Waals surface area contributed by atoms with Gasteiger partial charge in [0.05, 0.1) is 26.6 Å². The lowest BCUT2D eigenvalue weighted by Gasteiger charge is -2.16. The van der Waals surface area contributed by atoms with Crippen molar-refractivity contribution in [3.8, 4) is 0 Å². The number of hydrogen-bond acceptors (Lipinski definition) is 5. The van der Waals surface area contributed by atoms with E-state index in [1.807, 2.05) is 0 Å². The molecule has 0 aliphatic carbocycles. The Bertz CT molecular complexity index is 1060. The molecule has 29 heavy (non-hydrogen) atoms. The average Bonchev–Trinajstić information content (AvgIpc) is 2.95. The van der Waals surface area contributed by atoms with Crippen LogP contribution in [0, 0.1) is 10.1 Å². The summed E-state index contributed by atoms with van der Waals surface area (Å²) in [5.74, 6) is -0.563. The van der Waals surface area contributed by atoms with Crippen molar-refractivity contribution in [2.24, 2.45) is 0 Å². The number of nitrogens with zero attached hydrogens (tertiary/aromatic N) is 2. The van der Waals surface area contributed by atoms with Gasteiger partial charge in [-0.2, -0.15) is 13.2 Å². The van der Waals surface area contributed by atoms with E-state index in [9.17, 15) is 28.1 Å². The maximum atomic E-state index is 12.9. The van der Waals surface area contributed by atoms with Gasteiger partial charge in [0.2, 0.25) is 0 Å². The number of benzene rings is 2. The lowest BCUT2D eigenvalue weighted by atomic mass is 10.1. The molecule has 0 unspecified atom stereocenters. The van der Waals surface area contributed by atoms with E-state index in [1.54, 1.807) is 12.1 Å². The number of rotatable bonds is 4. The van der Waals surface area contributed by atoms with Crippen LogP contribution < -0.4 is 4.90 Å². The van der Waals surface area contributed by atoms with E-state index in [0.29, 0.717) is 5.56 Å². The van der Waals surface area contributed by atoms with Crippen molar-refractivity contribution in [2.75, 3.05) is 4.90 Å². The van der Waals surface area contributed by atoms with Gasteiger partial charge >= 0.3 is 6.18 Å². The molecule has 5 nitrogen and oxygen atoms in total. The fourth-order valence-electron chi connectivity index (χ4n) is 2.56. The summed E-state index contributed by atoms with van der Waals surface area (Å²) in [6, 6.07) is 10.4. The molecule has 2 aromatic carbocycles. The normalized spacial score (nSPS) is 16.2. The van der Waals surface area contributed by atoms with Crippen LogP contribution >= 0.6 is 24.0 Å². The Balaban J connectivity index is 1.85. The Hall–Kier alpha value is -2.98. The molecule has 0 spiro atoms. The van der Waals surface area contributed by atoms with Crippen LogP contribution in [0.3, 0.4) is 0 Å². The van der Waals surface area contributed by atoms with Crippen LogP contribution in [0.4, 0.5) is 24.5 Å². The molecule has 1 saturated heterocycles. The van der Waals surface area contributed by atoms with Crippen LogP contribution in [0.25, 0.3) is 6.08 Å². The highest BCUT2D eigenvalue weighted by Gasteiger charge is 2.35. The fraction of sp³-hybridized carbons (Fsp3) is 0.0526. The summed E-state index contributed by atoms with van der Waals surface area (Å²) in [7, 11) is 0. The molecule has 1 fully saturated rings. The first-order valence-corrected chi connectivity index (χ1v) is 9.26. The number of carbonyl (C=O) groups excluding carboxylic acids is 1. The van der Waals surface area contributed by atoms with Crippen molar-refractivity contribution in [3.63, 3.8) is 0 Å². The maximum Gasteiger partial charge on any atom is 0.416 e. The number of alkyl halides is 3. The molecule has 0 bridgehead atoms. The smallest absolute Gasteiger partial charge is 0.268 e. The van der Waals surface area contributed by atoms with Crippen LogP contribution in [-0.2, 0) is 11.0 Å². The summed E-state index contributed by atoms with van der Waals surface area (Å²) >= 11 is 6.08. The first-order chi connectivity index (χ1) is 13.7. The molecule has 0 saturated carbocycles. The Morgan fingerprint density at radius 2 is 1.86 bits per heavy atom. The molecule has 1 aliphatic rings. The van der Waals surface area contributed by atoms with Crippen molar-refractivity contribution in [2.45, 2.75) is 6.18 Å². The largest absolute Gasteiger partial charge is 0.416 e. The summed E-state index contributed by atoms with van der Waals surface area (Å²) in [4.78, 5) is 24.4. The van der Waals surface area contributed by atoms with E-state index < -0.39 is 22.6 Å². The second-order valence-electron chi connectivity index (χ2n) is 5.76. The van der Waals surface area contributed by atoms with Crippen molar-refractivity contribution in [3.05, 3.63) is 86.8 Å². The third kappa shape index (κ3) is 4.54. The first-order valence-electron chi connectivity index (χ1n) is 8.04. The highest BCUT2D eigenvalue weighted by molar-refractivity contribution is 8.27. The van der Waals surface area contributed by atoms with Gasteiger partial charge in [0.25, 0.3) is 11.6 Å². The van der Waals surface area contributed by atoms with Crippen LogP contribution in [0.1, 0.15) is 11.1 Å². The van der Waals surface area contributed by atoms with E-state index in [1.165, 1.54) is 42.5 Å². The monoisotopic (exact) mass is 436 g/mol. The Morgan fingerprint density at radius 3 is 2.55 bits per heavy atom. The molecule has 0 radical (unpaired) electrons. The number of thiocarbonyl (C=S) groups is 1. The zero-order valence-electron chi connectivity index (χ0n) is 14.4. The van der Waals surface area contributed by atoms with E-state index in [0.717, 1.165) is 28.8 Å². The van der Waals surface area contributed by atoms with Gasteiger partial charge in [-0.05, 0) is 36.4 Å². The van der Waals surface area contributed by atoms with Crippen LogP contribution in [0.15, 0.2) is 65.6 Å². The number of amides is 1. The molecular weight excluding hydrogens is 425 g/mol. The summed E-state index contributed by atoms with van der Waals surface area (Å²) < 4.78 is 38.9. The minimum absolute atomic E-state index is 0.0217. The molecule has 0 N–H and O–H groups in total. The fourth-order valence-corrected chi connectivity index (χ4v) is 3.81. The zero-order valence-corrected chi connectivity index (χ0v) is 16.1. The lowest BCUT2D eigenvalue weighted by molar-refractivity contribution is -0.385. The molecule has 1 heterocycles. The third-order valence-electron chi connectivity index (χ3n) is 3.88. The molecule has 10 heteroatoms. The minimum atomic E-state index is -4.54. The molecule has 0 aromatic heterocycles. The number of nitro groups is 1. The SMILES string of the molecule is O=C1/C(=C/C=C/c2ccccc2[N+](=O)[O-])SC(=S)N1c1cccc(C(F)(F)F)c1. The average molecular weight is 436 g/mol. The predicted octanol–water partition coefficient (Wildman–Crippen LogP) is 5.58. The second kappa shape index (κ2) is 8.18. The van der Waals surface area contributed by atoms with Crippen molar-refractivity contribution >= 4 is 51.7 Å². The summed E-state index contributed by atoms with van der Waals surface area (Å²) in [6.45, 7) is 0. The summed E-state index contributed by atoms with van der Waals surface area (Å²) in [5, 5.41) is 11.0. The van der Waals surface area contributed by atoms with Gasteiger partial charge in [-0.25, -0.2) is 0 Å². The number of allylic oxidation sites excluding steroid dienone is 2. The van der Waals surface area contributed by atoms with Gasteiger partial charge in [-0.1, -0.05) is 48.3 Å². The van der Waals surface area contributed by atoms with Crippen molar-refractivity contribution in [1.82, 2.24) is 0 Å².